The molecule has 7 heteroatoms. The smallest absolute Gasteiger partial charge is 0.401 e. The molecule has 1 aliphatic rings. The number of halogens is 3. The average molecular weight is 198 g/mol. The van der Waals surface area contributed by atoms with E-state index in [9.17, 15) is 18.0 Å². The van der Waals surface area contributed by atoms with Crippen molar-refractivity contribution in [1.82, 2.24) is 10.6 Å². The number of carboxylic acid groups (broad SMARTS) is 1. The van der Waals surface area contributed by atoms with Gasteiger partial charge in [0, 0.05) is 13.1 Å². The third-order valence-electron chi connectivity index (χ3n) is 1.89. The first-order valence-corrected chi connectivity index (χ1v) is 3.62. The number of aliphatic carboxylic acids is 1. The van der Waals surface area contributed by atoms with Gasteiger partial charge in [-0.3, -0.25) is 10.1 Å². The van der Waals surface area contributed by atoms with Crippen LogP contribution in [0.4, 0.5) is 13.2 Å². The van der Waals surface area contributed by atoms with E-state index in [1.165, 1.54) is 0 Å². The van der Waals surface area contributed by atoms with Crippen LogP contribution in [-0.4, -0.2) is 42.4 Å². The van der Waals surface area contributed by atoms with Gasteiger partial charge in [-0.2, -0.15) is 13.2 Å². The SMILES string of the molecule is O=C(O)C1(NCC(F)(F)F)CNC1. The van der Waals surface area contributed by atoms with Gasteiger partial charge in [0.15, 0.2) is 0 Å². The van der Waals surface area contributed by atoms with Crippen LogP contribution in [-0.2, 0) is 4.79 Å². The maximum atomic E-state index is 11.7. The number of carbonyl (C=O) groups is 1. The second-order valence-corrected chi connectivity index (χ2v) is 2.96. The van der Waals surface area contributed by atoms with Gasteiger partial charge in [0.1, 0.15) is 5.54 Å². The third kappa shape index (κ3) is 2.31. The van der Waals surface area contributed by atoms with Gasteiger partial charge in [-0.1, -0.05) is 0 Å². The largest absolute Gasteiger partial charge is 0.480 e. The Morgan fingerprint density at radius 3 is 2.31 bits per heavy atom. The number of rotatable bonds is 3. The molecule has 76 valence electrons. The van der Waals surface area contributed by atoms with E-state index in [-0.39, 0.29) is 13.1 Å². The first-order chi connectivity index (χ1) is 5.86. The van der Waals surface area contributed by atoms with Crippen molar-refractivity contribution < 1.29 is 23.1 Å². The van der Waals surface area contributed by atoms with Crippen LogP contribution in [0, 0.1) is 0 Å². The summed E-state index contributed by atoms with van der Waals surface area (Å²) < 4.78 is 35.2. The zero-order chi connectivity index (χ0) is 10.1. The Morgan fingerprint density at radius 1 is 1.54 bits per heavy atom. The standard InChI is InChI=1S/C6H9F3N2O2/c7-6(8,9)3-11-5(4(12)13)1-10-2-5/h10-11H,1-3H2,(H,12,13). The molecule has 4 nitrogen and oxygen atoms in total. The third-order valence-corrected chi connectivity index (χ3v) is 1.89. The zero-order valence-electron chi connectivity index (χ0n) is 6.61. The summed E-state index contributed by atoms with van der Waals surface area (Å²) in [6.45, 7) is -1.22. The minimum atomic E-state index is -4.38. The van der Waals surface area contributed by atoms with Crippen molar-refractivity contribution in [3.63, 3.8) is 0 Å². The number of carboxylic acids is 1. The normalized spacial score (nSPS) is 20.8. The van der Waals surface area contributed by atoms with Gasteiger partial charge >= 0.3 is 12.1 Å². The molecular formula is C6H9F3N2O2. The summed E-state index contributed by atoms with van der Waals surface area (Å²) in [5.41, 5.74) is -1.44. The fraction of sp³-hybridized carbons (Fsp3) is 0.833. The molecular weight excluding hydrogens is 189 g/mol. The summed E-state index contributed by atoms with van der Waals surface area (Å²) in [7, 11) is 0. The maximum Gasteiger partial charge on any atom is 0.401 e. The Hall–Kier alpha value is -0.820. The van der Waals surface area contributed by atoms with Crippen LogP contribution >= 0.6 is 0 Å². The van der Waals surface area contributed by atoms with E-state index in [1.807, 2.05) is 5.32 Å². The molecule has 1 saturated heterocycles. The van der Waals surface area contributed by atoms with Gasteiger partial charge in [-0.05, 0) is 0 Å². The monoisotopic (exact) mass is 198 g/mol. The first kappa shape index (κ1) is 10.3. The molecule has 0 saturated carbocycles. The van der Waals surface area contributed by atoms with Crippen LogP contribution in [0.2, 0.25) is 0 Å². The van der Waals surface area contributed by atoms with Crippen molar-refractivity contribution in [2.24, 2.45) is 0 Å². The van der Waals surface area contributed by atoms with E-state index >= 15 is 0 Å². The Bertz CT molecular complexity index is 212. The lowest BCUT2D eigenvalue weighted by atomic mass is 9.93. The van der Waals surface area contributed by atoms with Crippen LogP contribution in [0.15, 0.2) is 0 Å². The summed E-state index contributed by atoms with van der Waals surface area (Å²) in [4.78, 5) is 10.6. The molecule has 0 radical (unpaired) electrons. The van der Waals surface area contributed by atoms with Crippen molar-refractivity contribution >= 4 is 5.97 Å². The second-order valence-electron chi connectivity index (χ2n) is 2.96. The van der Waals surface area contributed by atoms with Crippen LogP contribution in [0.3, 0.4) is 0 Å². The molecule has 1 rings (SSSR count). The lowest BCUT2D eigenvalue weighted by Crippen LogP contribution is -2.73. The maximum absolute atomic E-state index is 11.7. The lowest BCUT2D eigenvalue weighted by Gasteiger charge is -2.39. The molecule has 13 heavy (non-hydrogen) atoms. The predicted octanol–water partition coefficient (Wildman–Crippen LogP) is -0.435. The topological polar surface area (TPSA) is 61.4 Å². The predicted molar refractivity (Wildman–Crippen MR) is 37.3 cm³/mol. The Morgan fingerprint density at radius 2 is 2.08 bits per heavy atom. The molecule has 0 spiro atoms. The van der Waals surface area contributed by atoms with Crippen LogP contribution in [0.25, 0.3) is 0 Å². The molecule has 0 bridgehead atoms. The van der Waals surface area contributed by atoms with Crippen molar-refractivity contribution in [3.05, 3.63) is 0 Å². The Balaban J connectivity index is 2.46. The highest BCUT2D eigenvalue weighted by Gasteiger charge is 2.46. The minimum Gasteiger partial charge on any atom is -0.480 e. The second kappa shape index (κ2) is 3.15. The highest BCUT2D eigenvalue weighted by atomic mass is 19.4. The van der Waals surface area contributed by atoms with Crippen molar-refractivity contribution in [2.75, 3.05) is 19.6 Å². The van der Waals surface area contributed by atoms with Crippen molar-refractivity contribution in [3.8, 4) is 0 Å². The molecule has 0 aromatic carbocycles. The fourth-order valence-corrected chi connectivity index (χ4v) is 0.996. The minimum absolute atomic E-state index is 0.0262. The number of alkyl halides is 3. The molecule has 1 aliphatic heterocycles. The van der Waals surface area contributed by atoms with Gasteiger partial charge in [0.05, 0.1) is 6.54 Å². The van der Waals surface area contributed by atoms with Gasteiger partial charge in [0.2, 0.25) is 0 Å². The van der Waals surface area contributed by atoms with Gasteiger partial charge in [0.25, 0.3) is 0 Å². The highest BCUT2D eigenvalue weighted by molar-refractivity contribution is 5.81. The molecule has 0 atom stereocenters. The van der Waals surface area contributed by atoms with Crippen molar-refractivity contribution in [1.29, 1.82) is 0 Å². The Labute approximate surface area is 72.1 Å². The average Bonchev–Trinajstić information content (AvgIpc) is 1.80. The van der Waals surface area contributed by atoms with Gasteiger partial charge < -0.3 is 10.4 Å². The van der Waals surface area contributed by atoms with E-state index in [2.05, 4.69) is 5.32 Å². The Kier molecular flexibility index (Phi) is 2.49. The molecule has 0 aliphatic carbocycles. The molecule has 1 heterocycles. The molecule has 0 unspecified atom stereocenters. The van der Waals surface area contributed by atoms with Gasteiger partial charge in [-0.15, -0.1) is 0 Å². The number of hydrogen-bond donors (Lipinski definition) is 3. The molecule has 3 N–H and O–H groups in total. The van der Waals surface area contributed by atoms with E-state index in [0.29, 0.717) is 0 Å². The van der Waals surface area contributed by atoms with Crippen molar-refractivity contribution in [2.45, 2.75) is 11.7 Å². The van der Waals surface area contributed by atoms with Gasteiger partial charge in [-0.25, -0.2) is 0 Å². The van der Waals surface area contributed by atoms with Crippen LogP contribution < -0.4 is 10.6 Å². The fourth-order valence-electron chi connectivity index (χ4n) is 0.996. The number of hydrogen-bond acceptors (Lipinski definition) is 3. The molecule has 1 fully saturated rings. The van der Waals surface area contributed by atoms with E-state index in [4.69, 9.17) is 5.11 Å². The summed E-state index contributed by atoms with van der Waals surface area (Å²) in [5.74, 6) is -1.25. The number of nitrogens with one attached hydrogen (secondary N) is 2. The lowest BCUT2D eigenvalue weighted by molar-refractivity contribution is -0.153. The summed E-state index contributed by atoms with van der Waals surface area (Å²) in [6.07, 6.45) is -4.38. The highest BCUT2D eigenvalue weighted by Crippen LogP contribution is 2.17. The summed E-state index contributed by atoms with van der Waals surface area (Å²) in [5, 5.41) is 13.2. The van der Waals surface area contributed by atoms with Crippen LogP contribution in [0.1, 0.15) is 0 Å². The zero-order valence-corrected chi connectivity index (χ0v) is 6.61. The van der Waals surface area contributed by atoms with Crippen LogP contribution in [0.5, 0.6) is 0 Å². The summed E-state index contributed by atoms with van der Waals surface area (Å²) >= 11 is 0. The van der Waals surface area contributed by atoms with E-state index in [1.54, 1.807) is 0 Å². The first-order valence-electron chi connectivity index (χ1n) is 3.62. The van der Waals surface area contributed by atoms with E-state index in [0.717, 1.165) is 0 Å². The van der Waals surface area contributed by atoms with E-state index < -0.39 is 24.2 Å². The molecule has 0 aromatic heterocycles. The quantitative estimate of drug-likeness (QED) is 0.575. The summed E-state index contributed by atoms with van der Waals surface area (Å²) in [6, 6.07) is 0. The molecule has 0 amide bonds. The molecule has 0 aromatic rings.